The molecule has 0 bridgehead atoms. The monoisotopic (exact) mass is 370 g/mol. The summed E-state index contributed by atoms with van der Waals surface area (Å²) in [5, 5.41) is 4.05. The molecule has 0 aliphatic carbocycles. The Morgan fingerprint density at radius 2 is 1.95 bits per heavy atom. The van der Waals surface area contributed by atoms with Crippen LogP contribution >= 0.6 is 39.1 Å². The maximum Gasteiger partial charge on any atom is 0.172 e. The summed E-state index contributed by atoms with van der Waals surface area (Å²) < 4.78 is 0.849. The second-order valence-corrected chi connectivity index (χ2v) is 6.34. The molecule has 102 valence electrons. The molecule has 3 nitrogen and oxygen atoms in total. The number of nitrogens with one attached hydrogen (secondary N) is 1. The van der Waals surface area contributed by atoms with E-state index in [1.54, 1.807) is 24.4 Å². The van der Waals surface area contributed by atoms with E-state index in [2.05, 4.69) is 26.2 Å². The normalized spacial score (nSPS) is 16.6. The number of fused-ring (bicyclic) bond motifs is 1. The fourth-order valence-electron chi connectivity index (χ4n) is 2.31. The molecule has 3 rings (SSSR count). The summed E-state index contributed by atoms with van der Waals surface area (Å²) in [5.74, 6) is 0.463. The number of carbonyl (C=O) groups excluding carboxylic acids is 1. The van der Waals surface area contributed by atoms with Crippen molar-refractivity contribution in [1.82, 2.24) is 4.98 Å². The Balaban J connectivity index is 1.99. The second-order valence-electron chi connectivity index (χ2n) is 4.55. The van der Waals surface area contributed by atoms with Crippen molar-refractivity contribution in [2.45, 2.75) is 5.92 Å². The molecule has 1 N–H and O–H groups in total. The molecule has 1 atom stereocenters. The van der Waals surface area contributed by atoms with E-state index >= 15 is 0 Å². The zero-order valence-electron chi connectivity index (χ0n) is 10.2. The van der Waals surface area contributed by atoms with Crippen LogP contribution in [0.1, 0.15) is 21.8 Å². The maximum absolute atomic E-state index is 12.6. The Morgan fingerprint density at radius 3 is 2.65 bits per heavy atom. The first-order valence-corrected chi connectivity index (χ1v) is 7.49. The molecule has 6 heteroatoms. The number of rotatable bonds is 2. The van der Waals surface area contributed by atoms with Gasteiger partial charge in [0.1, 0.15) is 5.82 Å². The third kappa shape index (κ3) is 2.55. The average Bonchev–Trinajstić information content (AvgIpc) is 2.79. The Morgan fingerprint density at radius 1 is 1.25 bits per heavy atom. The van der Waals surface area contributed by atoms with E-state index in [4.69, 9.17) is 23.2 Å². The smallest absolute Gasteiger partial charge is 0.172 e. The first-order valence-electron chi connectivity index (χ1n) is 5.94. The molecule has 0 spiro atoms. The third-order valence-electron chi connectivity index (χ3n) is 3.20. The summed E-state index contributed by atoms with van der Waals surface area (Å²) in [6.07, 6.45) is 1.70. The Hall–Kier alpha value is -1.10. The number of pyridine rings is 1. The number of Topliss-reactive ketones (excluding diaryl/α,β-unsaturated/α-hetero) is 1. The molecule has 0 saturated heterocycles. The third-order valence-corrected chi connectivity index (χ3v) is 4.07. The lowest BCUT2D eigenvalue weighted by Gasteiger charge is -2.10. The predicted molar refractivity (Wildman–Crippen MR) is 84.0 cm³/mol. The lowest BCUT2D eigenvalue weighted by atomic mass is 9.93. The van der Waals surface area contributed by atoms with Gasteiger partial charge in [-0.1, -0.05) is 23.2 Å². The van der Waals surface area contributed by atoms with E-state index in [9.17, 15) is 4.79 Å². The van der Waals surface area contributed by atoms with Crippen molar-refractivity contribution in [3.63, 3.8) is 0 Å². The standard InChI is InChI=1S/C14H9BrCl2N2O/c15-8-3-11-12(6-19-14(11)18-5-8)13(20)7-1-9(16)4-10(17)2-7/h1-5,12H,6H2,(H,18,19). The lowest BCUT2D eigenvalue weighted by molar-refractivity contribution is 0.0966. The fourth-order valence-corrected chi connectivity index (χ4v) is 3.18. The highest BCUT2D eigenvalue weighted by Gasteiger charge is 2.30. The quantitative estimate of drug-likeness (QED) is 0.787. The van der Waals surface area contributed by atoms with Crippen LogP contribution in [0, 0.1) is 0 Å². The Kier molecular flexibility index (Phi) is 3.71. The number of benzene rings is 1. The summed E-state index contributed by atoms with van der Waals surface area (Å²) in [4.78, 5) is 16.9. The van der Waals surface area contributed by atoms with Crippen molar-refractivity contribution in [2.24, 2.45) is 0 Å². The molecule has 0 fully saturated rings. The van der Waals surface area contributed by atoms with Gasteiger partial charge in [-0.25, -0.2) is 4.98 Å². The molecule has 0 saturated carbocycles. The van der Waals surface area contributed by atoms with E-state index in [0.29, 0.717) is 22.2 Å². The highest BCUT2D eigenvalue weighted by molar-refractivity contribution is 9.10. The summed E-state index contributed by atoms with van der Waals surface area (Å²) in [6.45, 7) is 0.530. The molecule has 1 aliphatic heterocycles. The molecule has 1 aromatic carbocycles. The van der Waals surface area contributed by atoms with E-state index < -0.39 is 0 Å². The topological polar surface area (TPSA) is 42.0 Å². The van der Waals surface area contributed by atoms with Gasteiger partial charge in [-0.05, 0) is 40.2 Å². The number of hydrogen-bond donors (Lipinski definition) is 1. The molecular weight excluding hydrogens is 363 g/mol. The summed E-state index contributed by atoms with van der Waals surface area (Å²) in [5.41, 5.74) is 1.41. The minimum absolute atomic E-state index is 0.0134. The summed E-state index contributed by atoms with van der Waals surface area (Å²) in [6, 6.07) is 6.80. The zero-order chi connectivity index (χ0) is 14.3. The van der Waals surface area contributed by atoms with Crippen LogP contribution in [-0.4, -0.2) is 17.3 Å². The Labute approximate surface area is 134 Å². The maximum atomic E-state index is 12.6. The van der Waals surface area contributed by atoms with E-state index in [-0.39, 0.29) is 11.7 Å². The van der Waals surface area contributed by atoms with Crippen molar-refractivity contribution >= 4 is 50.7 Å². The SMILES string of the molecule is O=C(c1cc(Cl)cc(Cl)c1)C1CNc2ncc(Br)cc21. The molecule has 2 aromatic rings. The molecule has 1 aromatic heterocycles. The van der Waals surface area contributed by atoms with Crippen LogP contribution in [0.5, 0.6) is 0 Å². The molecular formula is C14H9BrCl2N2O. The summed E-state index contributed by atoms with van der Waals surface area (Å²) in [7, 11) is 0. The van der Waals surface area contributed by atoms with Crippen molar-refractivity contribution in [2.75, 3.05) is 11.9 Å². The van der Waals surface area contributed by atoms with Crippen LogP contribution in [0.3, 0.4) is 0 Å². The van der Waals surface area contributed by atoms with Gasteiger partial charge in [0.25, 0.3) is 0 Å². The highest BCUT2D eigenvalue weighted by atomic mass is 79.9. The predicted octanol–water partition coefficient (Wildman–Crippen LogP) is 4.54. The average molecular weight is 372 g/mol. The summed E-state index contributed by atoms with van der Waals surface area (Å²) >= 11 is 15.3. The first kappa shape index (κ1) is 13.9. The van der Waals surface area contributed by atoms with Crippen molar-refractivity contribution in [3.05, 3.63) is 56.1 Å². The number of anilines is 1. The van der Waals surface area contributed by atoms with Crippen LogP contribution in [0.25, 0.3) is 0 Å². The van der Waals surface area contributed by atoms with E-state index in [0.717, 1.165) is 15.9 Å². The van der Waals surface area contributed by atoms with Gasteiger partial charge >= 0.3 is 0 Å². The first-order chi connectivity index (χ1) is 9.54. The van der Waals surface area contributed by atoms with Crippen LogP contribution < -0.4 is 5.32 Å². The number of carbonyl (C=O) groups is 1. The van der Waals surface area contributed by atoms with Gasteiger partial charge in [-0.15, -0.1) is 0 Å². The number of ketones is 1. The van der Waals surface area contributed by atoms with Gasteiger partial charge in [0.15, 0.2) is 5.78 Å². The van der Waals surface area contributed by atoms with Crippen LogP contribution in [0.4, 0.5) is 5.82 Å². The van der Waals surface area contributed by atoms with Gasteiger partial charge in [0.2, 0.25) is 0 Å². The second kappa shape index (κ2) is 5.35. The van der Waals surface area contributed by atoms with Crippen molar-refractivity contribution < 1.29 is 4.79 Å². The lowest BCUT2D eigenvalue weighted by Crippen LogP contribution is -2.14. The van der Waals surface area contributed by atoms with Gasteiger partial charge < -0.3 is 5.32 Å². The van der Waals surface area contributed by atoms with Crippen LogP contribution in [-0.2, 0) is 0 Å². The molecule has 1 aliphatic rings. The van der Waals surface area contributed by atoms with Gasteiger partial charge in [0, 0.05) is 38.4 Å². The van der Waals surface area contributed by atoms with E-state index in [1.165, 1.54) is 0 Å². The molecule has 20 heavy (non-hydrogen) atoms. The van der Waals surface area contributed by atoms with Crippen molar-refractivity contribution in [1.29, 1.82) is 0 Å². The van der Waals surface area contributed by atoms with Gasteiger partial charge in [-0.2, -0.15) is 0 Å². The molecule has 1 unspecified atom stereocenters. The fraction of sp³-hybridized carbons (Fsp3) is 0.143. The number of hydrogen-bond acceptors (Lipinski definition) is 3. The Bertz CT molecular complexity index is 685. The highest BCUT2D eigenvalue weighted by Crippen LogP contribution is 2.34. The number of aromatic nitrogens is 1. The van der Waals surface area contributed by atoms with Crippen molar-refractivity contribution in [3.8, 4) is 0 Å². The number of nitrogens with zero attached hydrogens (tertiary/aromatic N) is 1. The largest absolute Gasteiger partial charge is 0.369 e. The minimum Gasteiger partial charge on any atom is -0.369 e. The molecule has 2 heterocycles. The van der Waals surface area contributed by atoms with Crippen LogP contribution in [0.15, 0.2) is 34.9 Å². The molecule has 0 radical (unpaired) electrons. The van der Waals surface area contributed by atoms with Crippen LogP contribution in [0.2, 0.25) is 10.0 Å². The minimum atomic E-state index is -0.274. The number of halogens is 3. The van der Waals surface area contributed by atoms with E-state index in [1.807, 2.05) is 6.07 Å². The van der Waals surface area contributed by atoms with Gasteiger partial charge in [0.05, 0.1) is 5.92 Å². The zero-order valence-corrected chi connectivity index (χ0v) is 13.3. The molecule has 0 amide bonds. The van der Waals surface area contributed by atoms with Gasteiger partial charge in [-0.3, -0.25) is 4.79 Å².